The molecule has 312 valence electrons. The van der Waals surface area contributed by atoms with E-state index in [0.29, 0.717) is 23.3 Å². The van der Waals surface area contributed by atoms with Crippen LogP contribution >= 0.6 is 0 Å². The summed E-state index contributed by atoms with van der Waals surface area (Å²) < 4.78 is 128. The Labute approximate surface area is 307 Å². The first-order valence-corrected chi connectivity index (χ1v) is 15.4. The third-order valence-electron chi connectivity index (χ3n) is 6.92. The molecule has 3 heterocycles. The second-order valence-electron chi connectivity index (χ2n) is 11.1. The number of hydrogen-bond acceptors (Lipinski definition) is 10. The predicted molar refractivity (Wildman–Crippen MR) is 165 cm³/mol. The molecule has 2 aliphatic rings. The maximum Gasteiger partial charge on any atom is 0.490 e. The first-order chi connectivity index (χ1) is 25.7. The number of ether oxygens (including phenoxy) is 1. The van der Waals surface area contributed by atoms with Crippen LogP contribution in [-0.2, 0) is 19.2 Å². The number of fused-ring (bicyclic) bond motifs is 1. The van der Waals surface area contributed by atoms with Crippen LogP contribution in [0.3, 0.4) is 0 Å². The van der Waals surface area contributed by atoms with Gasteiger partial charge in [0, 0.05) is 50.7 Å². The summed E-state index contributed by atoms with van der Waals surface area (Å²) in [6.07, 6.45) is -13.6. The van der Waals surface area contributed by atoms with Crippen molar-refractivity contribution in [2.75, 3.05) is 52.4 Å². The van der Waals surface area contributed by atoms with Crippen molar-refractivity contribution in [3.63, 3.8) is 0 Å². The van der Waals surface area contributed by atoms with Crippen molar-refractivity contribution in [1.29, 1.82) is 5.26 Å². The largest absolute Gasteiger partial charge is 0.494 e. The summed E-state index contributed by atoms with van der Waals surface area (Å²) in [6, 6.07) is 7.33. The zero-order valence-corrected chi connectivity index (χ0v) is 28.3. The second kappa shape index (κ2) is 20.9. The van der Waals surface area contributed by atoms with Crippen molar-refractivity contribution in [3.8, 4) is 11.8 Å². The fourth-order valence-corrected chi connectivity index (χ4v) is 4.37. The number of carboxylic acids is 3. The zero-order valence-electron chi connectivity index (χ0n) is 28.3. The van der Waals surface area contributed by atoms with Gasteiger partial charge in [-0.05, 0) is 30.7 Å². The van der Waals surface area contributed by atoms with Gasteiger partial charge in [-0.1, -0.05) is 0 Å². The lowest BCUT2D eigenvalue weighted by Crippen LogP contribution is -2.43. The maximum absolute atomic E-state index is 13.6. The van der Waals surface area contributed by atoms with E-state index in [-0.39, 0.29) is 5.56 Å². The van der Waals surface area contributed by atoms with Gasteiger partial charge in [0.25, 0.3) is 11.8 Å². The fraction of sp³-hybridized carbons (Fsp3) is 0.500. The van der Waals surface area contributed by atoms with Crippen LogP contribution in [-0.4, -0.2) is 143 Å². The Morgan fingerprint density at radius 2 is 1.43 bits per heavy atom. The molecular formula is C30H31F11N6O9. The number of pyridine rings is 1. The van der Waals surface area contributed by atoms with Crippen molar-refractivity contribution in [2.45, 2.75) is 43.3 Å². The summed E-state index contributed by atoms with van der Waals surface area (Å²) in [6.45, 7) is 4.23. The van der Waals surface area contributed by atoms with Gasteiger partial charge in [0.05, 0.1) is 36.8 Å². The summed E-state index contributed by atoms with van der Waals surface area (Å²) in [5.74, 6) is -12.0. The van der Waals surface area contributed by atoms with Gasteiger partial charge < -0.3 is 40.5 Å². The number of nitriles is 1. The van der Waals surface area contributed by atoms with E-state index in [1.807, 2.05) is 0 Å². The number of nitrogens with one attached hydrogen (secondary N) is 2. The number of amides is 2. The highest BCUT2D eigenvalue weighted by molar-refractivity contribution is 6.07. The highest BCUT2D eigenvalue weighted by Gasteiger charge is 2.47. The Bertz CT molecular complexity index is 1650. The summed E-state index contributed by atoms with van der Waals surface area (Å²) in [4.78, 5) is 59.4. The first kappa shape index (κ1) is 48.4. The smallest absolute Gasteiger partial charge is 0.490 e. The number of nitrogens with zero attached hydrogens (tertiary/aromatic N) is 4. The number of carboxylic acid groups (broad SMARTS) is 3. The fourth-order valence-electron chi connectivity index (χ4n) is 4.37. The van der Waals surface area contributed by atoms with E-state index >= 15 is 0 Å². The molecule has 26 heteroatoms. The van der Waals surface area contributed by atoms with Gasteiger partial charge in [-0.2, -0.15) is 44.8 Å². The second-order valence-corrected chi connectivity index (χ2v) is 11.1. The van der Waals surface area contributed by atoms with E-state index in [9.17, 15) is 57.9 Å². The molecule has 0 radical (unpaired) electrons. The number of piperazine rings is 1. The minimum absolute atomic E-state index is 0.289. The molecule has 0 unspecified atom stereocenters. The van der Waals surface area contributed by atoms with Crippen molar-refractivity contribution in [3.05, 3.63) is 36.0 Å². The molecule has 56 heavy (non-hydrogen) atoms. The van der Waals surface area contributed by atoms with Gasteiger partial charge in [0.15, 0.2) is 0 Å². The molecule has 4 rings (SSSR count). The van der Waals surface area contributed by atoms with Crippen LogP contribution in [0.25, 0.3) is 10.9 Å². The van der Waals surface area contributed by atoms with Crippen LogP contribution in [0.5, 0.6) is 5.75 Å². The molecule has 2 fully saturated rings. The van der Waals surface area contributed by atoms with Gasteiger partial charge in [0.1, 0.15) is 11.8 Å². The maximum atomic E-state index is 13.6. The number of aromatic nitrogens is 1. The summed E-state index contributed by atoms with van der Waals surface area (Å²) in [5.41, 5.74) is 0.874. The average Bonchev–Trinajstić information content (AvgIpc) is 3.43. The van der Waals surface area contributed by atoms with Gasteiger partial charge >= 0.3 is 36.4 Å². The highest BCUT2D eigenvalue weighted by Crippen LogP contribution is 2.31. The van der Waals surface area contributed by atoms with Crippen molar-refractivity contribution in [1.82, 2.24) is 25.4 Å². The topological polar surface area (TPSA) is 222 Å². The minimum atomic E-state index is -5.08. The van der Waals surface area contributed by atoms with Crippen molar-refractivity contribution >= 4 is 40.6 Å². The number of benzene rings is 1. The first-order valence-electron chi connectivity index (χ1n) is 15.4. The quantitative estimate of drug-likeness (QED) is 0.191. The number of hydrogen-bond donors (Lipinski definition) is 5. The number of carbonyl (C=O) groups is 5. The van der Waals surface area contributed by atoms with Gasteiger partial charge in [-0.3, -0.25) is 14.6 Å². The molecular weight excluding hydrogens is 797 g/mol. The third kappa shape index (κ3) is 17.3. The number of likely N-dealkylation sites (tertiary alicyclic amines) is 1. The molecule has 2 saturated heterocycles. The average molecular weight is 829 g/mol. The molecule has 1 aromatic carbocycles. The number of aliphatic carboxylic acids is 3. The monoisotopic (exact) mass is 828 g/mol. The van der Waals surface area contributed by atoms with Crippen LogP contribution in [0, 0.1) is 11.3 Å². The minimum Gasteiger partial charge on any atom is -0.494 e. The number of carbonyl (C=O) groups excluding carboxylic acids is 2. The summed E-state index contributed by atoms with van der Waals surface area (Å²) >= 11 is 0. The molecule has 0 aliphatic carbocycles. The van der Waals surface area contributed by atoms with Gasteiger partial charge in [-0.25, -0.2) is 23.2 Å². The predicted octanol–water partition coefficient (Wildman–Crippen LogP) is 3.30. The molecule has 15 nitrogen and oxygen atoms in total. The number of alkyl halides is 11. The molecule has 2 aromatic rings. The van der Waals surface area contributed by atoms with E-state index in [1.165, 1.54) is 12.3 Å². The standard InChI is InChI=1S/C24H28F2N6O3.3C2HF3O2/c25-24(26)13-17(14-27)32(16-24)22(33)15-30-23(34)19-4-5-29-21-3-2-18(12-20(19)21)35-11-1-8-31-9-6-28-7-10-31;3*3-2(4,5)1(6)7/h2-5,12,17,28H,1,6-11,13,15-16H2,(H,30,34);3*(H,6,7)/t17-;;;/m0.../s1. The van der Waals surface area contributed by atoms with E-state index < -0.39 is 79.7 Å². The van der Waals surface area contributed by atoms with Crippen molar-refractivity contribution in [2.24, 2.45) is 0 Å². The zero-order chi connectivity index (χ0) is 43.1. The van der Waals surface area contributed by atoms with Crippen LogP contribution < -0.4 is 15.4 Å². The lowest BCUT2D eigenvalue weighted by molar-refractivity contribution is -0.193. The highest BCUT2D eigenvalue weighted by atomic mass is 19.4. The normalized spacial score (nSPS) is 16.7. The SMILES string of the molecule is N#C[C@@H]1CC(F)(F)CN1C(=O)CNC(=O)c1ccnc2ccc(OCCCN3CCNCC3)cc12.O=C(O)C(F)(F)F.O=C(O)C(F)(F)F.O=C(O)C(F)(F)F. The Balaban J connectivity index is 0.000000610. The molecule has 1 atom stereocenters. The number of rotatable bonds is 8. The Kier molecular flexibility index (Phi) is 18.1. The van der Waals surface area contributed by atoms with Crippen LogP contribution in [0.2, 0.25) is 0 Å². The Morgan fingerprint density at radius 3 is 1.91 bits per heavy atom. The Morgan fingerprint density at radius 1 is 0.911 bits per heavy atom. The number of halogens is 11. The van der Waals surface area contributed by atoms with E-state index in [1.54, 1.807) is 24.3 Å². The molecule has 5 N–H and O–H groups in total. The third-order valence-corrected chi connectivity index (χ3v) is 6.92. The molecule has 0 bridgehead atoms. The lowest BCUT2D eigenvalue weighted by Gasteiger charge is -2.26. The Hall–Kier alpha value is -5.58. The summed E-state index contributed by atoms with van der Waals surface area (Å²) in [5, 5.41) is 36.8. The van der Waals surface area contributed by atoms with Crippen LogP contribution in [0.1, 0.15) is 23.2 Å². The van der Waals surface area contributed by atoms with E-state index in [4.69, 9.17) is 39.7 Å². The molecule has 2 amide bonds. The molecule has 1 aromatic heterocycles. The van der Waals surface area contributed by atoms with Crippen LogP contribution in [0.15, 0.2) is 30.5 Å². The molecule has 0 spiro atoms. The van der Waals surface area contributed by atoms with E-state index in [0.717, 1.165) is 44.0 Å². The molecule has 0 saturated carbocycles. The van der Waals surface area contributed by atoms with Gasteiger partial charge in [0.2, 0.25) is 5.91 Å². The lowest BCUT2D eigenvalue weighted by atomic mass is 10.1. The van der Waals surface area contributed by atoms with Crippen molar-refractivity contribution < 1.29 is 92.3 Å². The molecule has 2 aliphatic heterocycles. The van der Waals surface area contributed by atoms with E-state index in [2.05, 4.69) is 20.5 Å². The summed E-state index contributed by atoms with van der Waals surface area (Å²) in [7, 11) is 0. The van der Waals surface area contributed by atoms with Crippen LogP contribution in [0.4, 0.5) is 48.3 Å². The van der Waals surface area contributed by atoms with Gasteiger partial charge in [-0.15, -0.1) is 0 Å².